The van der Waals surface area contributed by atoms with Gasteiger partial charge in [-0.15, -0.1) is 0 Å². The normalized spacial score (nSPS) is 14.3. The SMILES string of the molecule is CCn1c(=O)c(-c2ncn(-c3ccoc3)c2C)cc2cnc(Nc3ccc(CC4CCNCC4)cc3)nc21. The van der Waals surface area contributed by atoms with E-state index in [1.165, 1.54) is 18.4 Å². The Morgan fingerprint density at radius 3 is 2.68 bits per heavy atom. The second-order valence-corrected chi connectivity index (χ2v) is 9.83. The van der Waals surface area contributed by atoms with Gasteiger partial charge < -0.3 is 15.1 Å². The highest BCUT2D eigenvalue weighted by atomic mass is 16.3. The maximum atomic E-state index is 13.5. The molecule has 0 aliphatic carbocycles. The summed E-state index contributed by atoms with van der Waals surface area (Å²) in [5.41, 5.74) is 5.59. The van der Waals surface area contributed by atoms with Crippen LogP contribution in [0.15, 0.2) is 70.7 Å². The molecule has 2 N–H and O–H groups in total. The predicted octanol–water partition coefficient (Wildman–Crippen LogP) is 4.85. The Balaban J connectivity index is 1.28. The van der Waals surface area contributed by atoms with Crippen molar-refractivity contribution >= 4 is 22.7 Å². The first-order valence-corrected chi connectivity index (χ1v) is 13.1. The molecule has 38 heavy (non-hydrogen) atoms. The van der Waals surface area contributed by atoms with Crippen molar-refractivity contribution in [2.45, 2.75) is 39.7 Å². The molecule has 1 aliphatic heterocycles. The molecule has 0 saturated carbocycles. The lowest BCUT2D eigenvalue weighted by Gasteiger charge is -2.22. The molecule has 5 heterocycles. The quantitative estimate of drug-likeness (QED) is 0.323. The van der Waals surface area contributed by atoms with Crippen LogP contribution in [0.4, 0.5) is 11.6 Å². The zero-order valence-electron chi connectivity index (χ0n) is 21.6. The van der Waals surface area contributed by atoms with Crippen molar-refractivity contribution in [3.8, 4) is 16.9 Å². The van der Waals surface area contributed by atoms with Crippen LogP contribution in [0.25, 0.3) is 28.0 Å². The third-order valence-corrected chi connectivity index (χ3v) is 7.38. The summed E-state index contributed by atoms with van der Waals surface area (Å²) in [5, 5.41) is 7.51. The number of hydrogen-bond donors (Lipinski definition) is 2. The summed E-state index contributed by atoms with van der Waals surface area (Å²) in [4.78, 5) is 27.4. The van der Waals surface area contributed by atoms with E-state index in [9.17, 15) is 4.79 Å². The molecule has 6 rings (SSSR count). The molecule has 5 aromatic rings. The van der Waals surface area contributed by atoms with Crippen molar-refractivity contribution < 1.29 is 4.42 Å². The Labute approximate surface area is 220 Å². The largest absolute Gasteiger partial charge is 0.470 e. The van der Waals surface area contributed by atoms with Gasteiger partial charge in [0.1, 0.15) is 18.2 Å². The molecule has 4 aromatic heterocycles. The summed E-state index contributed by atoms with van der Waals surface area (Å²) in [5.74, 6) is 1.20. The maximum Gasteiger partial charge on any atom is 0.261 e. The molecule has 9 heteroatoms. The highest BCUT2D eigenvalue weighted by Gasteiger charge is 2.18. The van der Waals surface area contributed by atoms with E-state index in [0.29, 0.717) is 29.4 Å². The molecular formula is C29H31N7O2. The fourth-order valence-electron chi connectivity index (χ4n) is 5.28. The number of imidazole rings is 1. The Hall–Kier alpha value is -4.24. The van der Waals surface area contributed by atoms with Crippen LogP contribution in [-0.2, 0) is 13.0 Å². The zero-order chi connectivity index (χ0) is 26.1. The second kappa shape index (κ2) is 10.3. The predicted molar refractivity (Wildman–Crippen MR) is 148 cm³/mol. The molecular weight excluding hydrogens is 478 g/mol. The molecule has 1 saturated heterocycles. The van der Waals surface area contributed by atoms with Gasteiger partial charge in [-0.3, -0.25) is 13.9 Å². The fourth-order valence-corrected chi connectivity index (χ4v) is 5.28. The van der Waals surface area contributed by atoms with Gasteiger partial charge in [0.2, 0.25) is 5.95 Å². The number of pyridine rings is 1. The van der Waals surface area contributed by atoms with Crippen molar-refractivity contribution in [3.05, 3.63) is 83.1 Å². The Morgan fingerprint density at radius 1 is 1.13 bits per heavy atom. The number of nitrogens with zero attached hydrogens (tertiary/aromatic N) is 5. The smallest absolute Gasteiger partial charge is 0.261 e. The van der Waals surface area contributed by atoms with E-state index in [2.05, 4.69) is 44.9 Å². The molecule has 0 radical (unpaired) electrons. The van der Waals surface area contributed by atoms with E-state index < -0.39 is 0 Å². The summed E-state index contributed by atoms with van der Waals surface area (Å²) < 4.78 is 8.79. The Bertz CT molecular complexity index is 1610. The summed E-state index contributed by atoms with van der Waals surface area (Å²) in [7, 11) is 0. The highest BCUT2D eigenvalue weighted by molar-refractivity contribution is 5.81. The number of aromatic nitrogens is 5. The van der Waals surface area contributed by atoms with E-state index in [4.69, 9.17) is 9.40 Å². The lowest BCUT2D eigenvalue weighted by molar-refractivity contribution is 0.372. The number of nitrogens with one attached hydrogen (secondary N) is 2. The van der Waals surface area contributed by atoms with Crippen LogP contribution < -0.4 is 16.2 Å². The first kappa shape index (κ1) is 24.1. The number of furan rings is 1. The van der Waals surface area contributed by atoms with Gasteiger partial charge in [-0.2, -0.15) is 4.98 Å². The monoisotopic (exact) mass is 509 g/mol. The van der Waals surface area contributed by atoms with Crippen molar-refractivity contribution in [2.24, 2.45) is 5.92 Å². The molecule has 194 valence electrons. The van der Waals surface area contributed by atoms with E-state index in [1.54, 1.807) is 29.6 Å². The average Bonchev–Trinajstić information content (AvgIpc) is 3.60. The number of piperidine rings is 1. The minimum absolute atomic E-state index is 0.132. The Morgan fingerprint density at radius 2 is 1.95 bits per heavy atom. The van der Waals surface area contributed by atoms with Crippen LogP contribution in [0, 0.1) is 12.8 Å². The first-order chi connectivity index (χ1) is 18.6. The molecule has 0 spiro atoms. The van der Waals surface area contributed by atoms with Crippen LogP contribution in [0.3, 0.4) is 0 Å². The average molecular weight is 510 g/mol. The molecule has 9 nitrogen and oxygen atoms in total. The van der Waals surface area contributed by atoms with Crippen molar-refractivity contribution in [1.82, 2.24) is 29.4 Å². The van der Waals surface area contributed by atoms with Crippen LogP contribution in [0.1, 0.15) is 31.0 Å². The van der Waals surface area contributed by atoms with Crippen LogP contribution in [-0.4, -0.2) is 37.2 Å². The van der Waals surface area contributed by atoms with Gasteiger partial charge in [0.25, 0.3) is 5.56 Å². The second-order valence-electron chi connectivity index (χ2n) is 9.83. The summed E-state index contributed by atoms with van der Waals surface area (Å²) >= 11 is 0. The minimum atomic E-state index is -0.132. The number of anilines is 2. The third-order valence-electron chi connectivity index (χ3n) is 7.38. The van der Waals surface area contributed by atoms with Crippen LogP contribution in [0.5, 0.6) is 0 Å². The maximum absolute atomic E-state index is 13.5. The molecule has 1 aliphatic rings. The lowest BCUT2D eigenvalue weighted by atomic mass is 9.91. The Kier molecular flexibility index (Phi) is 6.51. The van der Waals surface area contributed by atoms with Crippen molar-refractivity contribution in [3.63, 3.8) is 0 Å². The minimum Gasteiger partial charge on any atom is -0.470 e. The fraction of sp³-hybridized carbons (Fsp3) is 0.310. The summed E-state index contributed by atoms with van der Waals surface area (Å²) in [6.07, 6.45) is 10.3. The number of fused-ring (bicyclic) bond motifs is 1. The van der Waals surface area contributed by atoms with E-state index in [1.807, 2.05) is 30.5 Å². The highest BCUT2D eigenvalue weighted by Crippen LogP contribution is 2.26. The van der Waals surface area contributed by atoms with Crippen LogP contribution in [0.2, 0.25) is 0 Å². The van der Waals surface area contributed by atoms with E-state index in [0.717, 1.165) is 47.9 Å². The number of rotatable bonds is 7. The van der Waals surface area contributed by atoms with Crippen LogP contribution >= 0.6 is 0 Å². The van der Waals surface area contributed by atoms with Gasteiger partial charge >= 0.3 is 0 Å². The topological polar surface area (TPSA) is 103 Å². The van der Waals surface area contributed by atoms with Gasteiger partial charge in [-0.1, -0.05) is 12.1 Å². The summed E-state index contributed by atoms with van der Waals surface area (Å²) in [6, 6.07) is 12.2. The van der Waals surface area contributed by atoms with E-state index >= 15 is 0 Å². The zero-order valence-corrected chi connectivity index (χ0v) is 21.6. The van der Waals surface area contributed by atoms with E-state index in [-0.39, 0.29) is 5.56 Å². The van der Waals surface area contributed by atoms with Crippen molar-refractivity contribution in [1.29, 1.82) is 0 Å². The molecule has 1 fully saturated rings. The molecule has 0 unspecified atom stereocenters. The first-order valence-electron chi connectivity index (χ1n) is 13.1. The standard InChI is InChI=1S/C29H31N7O2/c1-3-35-27-22(15-25(28(35)37)26-19(2)36(18-32-26)24-10-13-38-17-24)16-31-29(34-27)33-23-6-4-20(5-7-23)14-21-8-11-30-12-9-21/h4-7,10,13,15-18,21,30H,3,8-9,11-12,14H2,1-2H3,(H,31,33,34). The summed E-state index contributed by atoms with van der Waals surface area (Å²) in [6.45, 7) is 6.59. The van der Waals surface area contributed by atoms with Gasteiger partial charge in [-0.25, -0.2) is 9.97 Å². The third kappa shape index (κ3) is 4.61. The number of benzene rings is 1. The van der Waals surface area contributed by atoms with Gasteiger partial charge in [-0.05, 0) is 75.9 Å². The molecule has 0 atom stereocenters. The number of hydrogen-bond acceptors (Lipinski definition) is 7. The number of aryl methyl sites for hydroxylation is 1. The van der Waals surface area contributed by atoms with Crippen molar-refractivity contribution in [2.75, 3.05) is 18.4 Å². The molecule has 0 bridgehead atoms. The van der Waals surface area contributed by atoms with Gasteiger partial charge in [0.15, 0.2) is 0 Å². The van der Waals surface area contributed by atoms with Gasteiger partial charge in [0.05, 0.1) is 23.2 Å². The molecule has 0 amide bonds. The molecule has 1 aromatic carbocycles. The lowest BCUT2D eigenvalue weighted by Crippen LogP contribution is -2.28. The van der Waals surface area contributed by atoms with Gasteiger partial charge in [0, 0.05) is 35.6 Å².